The lowest BCUT2D eigenvalue weighted by atomic mass is 9.94. The topological polar surface area (TPSA) is 56.3 Å². The van der Waals surface area contributed by atoms with E-state index in [4.69, 9.17) is 10.5 Å². The number of nitrogens with zero attached hydrogens (tertiary/aromatic N) is 3. The maximum Gasteiger partial charge on any atom is 0.205 e. The Bertz CT molecular complexity index is 379. The Morgan fingerprint density at radius 2 is 2.37 bits per heavy atom. The van der Waals surface area contributed by atoms with Crippen LogP contribution in [0.5, 0.6) is 0 Å². The molecule has 108 valence electrons. The molecular weight excluding hydrogens is 240 g/mol. The van der Waals surface area contributed by atoms with E-state index in [0.29, 0.717) is 5.92 Å². The van der Waals surface area contributed by atoms with Crippen LogP contribution >= 0.6 is 0 Å². The molecule has 2 N–H and O–H groups in total. The molecule has 1 aromatic heterocycles. The molecule has 0 saturated carbocycles. The minimum Gasteiger partial charge on any atom is -0.382 e. The Morgan fingerprint density at radius 1 is 1.53 bits per heavy atom. The lowest BCUT2D eigenvalue weighted by Crippen LogP contribution is -2.48. The lowest BCUT2D eigenvalue weighted by molar-refractivity contribution is 0.141. The zero-order valence-corrected chi connectivity index (χ0v) is 12.1. The van der Waals surface area contributed by atoms with Crippen LogP contribution in [0.3, 0.4) is 0 Å². The first-order valence-corrected chi connectivity index (χ1v) is 7.31. The molecule has 0 aromatic carbocycles. The van der Waals surface area contributed by atoms with Crippen LogP contribution in [0.25, 0.3) is 0 Å². The zero-order valence-electron chi connectivity index (χ0n) is 12.1. The molecule has 0 bridgehead atoms. The number of hydrogen-bond acceptors (Lipinski definition) is 4. The van der Waals surface area contributed by atoms with Gasteiger partial charge in [-0.1, -0.05) is 6.92 Å². The highest BCUT2D eigenvalue weighted by molar-refractivity contribution is 5.32. The second-order valence-corrected chi connectivity index (χ2v) is 5.35. The highest BCUT2D eigenvalue weighted by Gasteiger charge is 2.25. The van der Waals surface area contributed by atoms with Gasteiger partial charge in [0.05, 0.1) is 0 Å². The third kappa shape index (κ3) is 3.70. The molecule has 1 aromatic rings. The van der Waals surface area contributed by atoms with Gasteiger partial charge in [0.15, 0.2) is 0 Å². The van der Waals surface area contributed by atoms with Crippen LogP contribution in [-0.4, -0.2) is 41.9 Å². The predicted octanol–water partition coefficient (Wildman–Crippen LogP) is 1.48. The number of aromatic nitrogens is 2. The van der Waals surface area contributed by atoms with Gasteiger partial charge in [0.1, 0.15) is 0 Å². The molecule has 0 aliphatic carbocycles. The number of nitrogens with two attached hydrogens (primary N) is 1. The molecule has 0 spiro atoms. The largest absolute Gasteiger partial charge is 0.382 e. The quantitative estimate of drug-likeness (QED) is 0.793. The summed E-state index contributed by atoms with van der Waals surface area (Å²) in [4.78, 5) is 6.80. The summed E-state index contributed by atoms with van der Waals surface area (Å²) in [5, 5.41) is 0. The molecule has 5 heteroatoms. The molecule has 2 atom stereocenters. The average Bonchev–Trinajstić information content (AvgIpc) is 2.86. The highest BCUT2D eigenvalue weighted by Crippen LogP contribution is 2.21. The smallest absolute Gasteiger partial charge is 0.205 e. The molecule has 0 radical (unpaired) electrons. The van der Waals surface area contributed by atoms with Gasteiger partial charge in [-0.25, -0.2) is 4.98 Å². The first-order valence-electron chi connectivity index (χ1n) is 7.31. The normalized spacial score (nSPS) is 23.8. The van der Waals surface area contributed by atoms with Crippen molar-refractivity contribution in [1.82, 2.24) is 9.55 Å². The molecule has 5 nitrogen and oxygen atoms in total. The van der Waals surface area contributed by atoms with E-state index in [9.17, 15) is 0 Å². The molecule has 1 fully saturated rings. The van der Waals surface area contributed by atoms with Crippen molar-refractivity contribution < 1.29 is 4.74 Å². The summed E-state index contributed by atoms with van der Waals surface area (Å²) in [5.74, 6) is 1.66. The molecule has 19 heavy (non-hydrogen) atoms. The van der Waals surface area contributed by atoms with Gasteiger partial charge in [-0.2, -0.15) is 0 Å². The van der Waals surface area contributed by atoms with E-state index < -0.39 is 0 Å². The van der Waals surface area contributed by atoms with E-state index in [1.165, 1.54) is 0 Å². The molecule has 2 heterocycles. The summed E-state index contributed by atoms with van der Waals surface area (Å²) in [7, 11) is 0. The van der Waals surface area contributed by atoms with Crippen LogP contribution < -0.4 is 10.6 Å². The minimum absolute atomic E-state index is 0.252. The van der Waals surface area contributed by atoms with Crippen LogP contribution in [0.2, 0.25) is 0 Å². The molecule has 1 aliphatic rings. The zero-order chi connectivity index (χ0) is 13.7. The van der Waals surface area contributed by atoms with Crippen molar-refractivity contribution in [2.24, 2.45) is 11.7 Å². The summed E-state index contributed by atoms with van der Waals surface area (Å²) in [5.41, 5.74) is 6.17. The Kier molecular flexibility index (Phi) is 5.22. The van der Waals surface area contributed by atoms with Crippen molar-refractivity contribution in [1.29, 1.82) is 0 Å². The van der Waals surface area contributed by atoms with Gasteiger partial charge >= 0.3 is 0 Å². The van der Waals surface area contributed by atoms with Crippen LogP contribution in [0.1, 0.15) is 26.7 Å². The second kappa shape index (κ2) is 6.91. The number of hydrogen-bond donors (Lipinski definition) is 1. The van der Waals surface area contributed by atoms with Gasteiger partial charge < -0.3 is 19.9 Å². The Balaban J connectivity index is 1.91. The van der Waals surface area contributed by atoms with Crippen LogP contribution in [0.15, 0.2) is 12.4 Å². The van der Waals surface area contributed by atoms with Crippen molar-refractivity contribution in [3.63, 3.8) is 0 Å². The molecule has 1 saturated heterocycles. The highest BCUT2D eigenvalue weighted by atomic mass is 16.5. The lowest BCUT2D eigenvalue weighted by Gasteiger charge is -2.35. The number of anilines is 1. The van der Waals surface area contributed by atoms with Crippen molar-refractivity contribution in [3.8, 4) is 0 Å². The van der Waals surface area contributed by atoms with Crippen LogP contribution in [0, 0.1) is 5.92 Å². The van der Waals surface area contributed by atoms with Gasteiger partial charge in [-0.15, -0.1) is 0 Å². The minimum atomic E-state index is 0.252. The Morgan fingerprint density at radius 3 is 3.11 bits per heavy atom. The first-order chi connectivity index (χ1) is 9.22. The molecule has 0 amide bonds. The fourth-order valence-electron chi connectivity index (χ4n) is 2.52. The summed E-state index contributed by atoms with van der Waals surface area (Å²) in [6.07, 6.45) is 6.09. The number of rotatable bonds is 6. The molecule has 1 aliphatic heterocycles. The average molecular weight is 266 g/mol. The number of imidazole rings is 1. The van der Waals surface area contributed by atoms with Crippen molar-refractivity contribution in [2.45, 2.75) is 39.3 Å². The summed E-state index contributed by atoms with van der Waals surface area (Å²) in [6.45, 7) is 8.77. The predicted molar refractivity (Wildman–Crippen MR) is 77.3 cm³/mol. The van der Waals surface area contributed by atoms with Crippen molar-refractivity contribution in [3.05, 3.63) is 12.4 Å². The number of ether oxygens (including phenoxy) is 1. The summed E-state index contributed by atoms with van der Waals surface area (Å²) >= 11 is 0. The second-order valence-electron chi connectivity index (χ2n) is 5.35. The standard InChI is InChI=1S/C14H26N4O/c1-3-19-10-4-7-17-9-6-16-14(17)18-8-5-12(2)13(15)11-18/h6,9,12-13H,3-5,7-8,10-11,15H2,1-2H3. The third-order valence-electron chi connectivity index (χ3n) is 3.88. The van der Waals surface area contributed by atoms with Crippen molar-refractivity contribution in [2.75, 3.05) is 31.2 Å². The first kappa shape index (κ1) is 14.3. The van der Waals surface area contributed by atoms with Crippen molar-refractivity contribution >= 4 is 5.95 Å². The monoisotopic (exact) mass is 266 g/mol. The molecule has 2 unspecified atom stereocenters. The van der Waals surface area contributed by atoms with Crippen LogP contribution in [-0.2, 0) is 11.3 Å². The molecular formula is C14H26N4O. The number of piperidine rings is 1. The maximum atomic E-state index is 6.17. The van der Waals surface area contributed by atoms with E-state index in [0.717, 1.165) is 51.6 Å². The molecule has 2 rings (SSSR count). The summed E-state index contributed by atoms with van der Waals surface area (Å²) < 4.78 is 7.59. The fraction of sp³-hybridized carbons (Fsp3) is 0.786. The van der Waals surface area contributed by atoms with E-state index >= 15 is 0 Å². The maximum absolute atomic E-state index is 6.17. The number of aryl methyl sites for hydroxylation is 1. The van der Waals surface area contributed by atoms with E-state index in [1.807, 2.05) is 19.3 Å². The van der Waals surface area contributed by atoms with Gasteiger partial charge in [-0.3, -0.25) is 0 Å². The van der Waals surface area contributed by atoms with Gasteiger partial charge in [0.2, 0.25) is 5.95 Å². The van der Waals surface area contributed by atoms with E-state index in [2.05, 4.69) is 21.4 Å². The Labute approximate surface area is 115 Å². The van der Waals surface area contributed by atoms with E-state index in [1.54, 1.807) is 0 Å². The SMILES string of the molecule is CCOCCCn1ccnc1N1CCC(C)C(N)C1. The van der Waals surface area contributed by atoms with Gasteiger partial charge in [0, 0.05) is 51.3 Å². The summed E-state index contributed by atoms with van der Waals surface area (Å²) in [6, 6.07) is 0.252. The fourth-order valence-corrected chi connectivity index (χ4v) is 2.52. The van der Waals surface area contributed by atoms with Gasteiger partial charge in [-0.05, 0) is 25.7 Å². The third-order valence-corrected chi connectivity index (χ3v) is 3.88. The van der Waals surface area contributed by atoms with E-state index in [-0.39, 0.29) is 6.04 Å². The van der Waals surface area contributed by atoms with Gasteiger partial charge in [0.25, 0.3) is 0 Å². The van der Waals surface area contributed by atoms with Crippen LogP contribution in [0.4, 0.5) is 5.95 Å². The Hall–Kier alpha value is -1.07.